The second-order valence-corrected chi connectivity index (χ2v) is 6.12. The van der Waals surface area contributed by atoms with Crippen molar-refractivity contribution >= 4 is 5.91 Å². The highest BCUT2D eigenvalue weighted by atomic mass is 19.1. The van der Waals surface area contributed by atoms with Crippen molar-refractivity contribution in [2.45, 2.75) is 19.5 Å². The van der Waals surface area contributed by atoms with Gasteiger partial charge in [0.05, 0.1) is 13.0 Å². The monoisotopic (exact) mass is 355 g/mol. The Hall–Kier alpha value is -3.02. The van der Waals surface area contributed by atoms with Gasteiger partial charge in [0.2, 0.25) is 5.91 Å². The van der Waals surface area contributed by atoms with Gasteiger partial charge >= 0.3 is 0 Å². The molecule has 0 bridgehead atoms. The molecular formula is C20H19F2N3O. The highest BCUT2D eigenvalue weighted by molar-refractivity contribution is 5.78. The zero-order valence-corrected chi connectivity index (χ0v) is 14.4. The minimum absolute atomic E-state index is 0.123. The SMILES string of the molecule is CN(Cc1nccn1Cc1ccccc1)C(=O)Cc1ccc(F)cc1F. The molecule has 4 nitrogen and oxygen atoms in total. The van der Waals surface area contributed by atoms with Crippen LogP contribution in [0.5, 0.6) is 0 Å². The number of carbonyl (C=O) groups is 1. The van der Waals surface area contributed by atoms with Crippen LogP contribution in [0.4, 0.5) is 8.78 Å². The minimum Gasteiger partial charge on any atom is -0.338 e. The Balaban J connectivity index is 1.65. The van der Waals surface area contributed by atoms with Crippen LogP contribution in [0, 0.1) is 11.6 Å². The zero-order chi connectivity index (χ0) is 18.5. The molecule has 0 saturated heterocycles. The fourth-order valence-electron chi connectivity index (χ4n) is 2.68. The molecule has 0 radical (unpaired) electrons. The summed E-state index contributed by atoms with van der Waals surface area (Å²) < 4.78 is 28.7. The van der Waals surface area contributed by atoms with Gasteiger partial charge in [-0.15, -0.1) is 0 Å². The topological polar surface area (TPSA) is 38.1 Å². The van der Waals surface area contributed by atoms with Gasteiger partial charge in [-0.25, -0.2) is 13.8 Å². The number of likely N-dealkylation sites (N-methyl/N-ethyl adjacent to an activating group) is 1. The van der Waals surface area contributed by atoms with Crippen molar-refractivity contribution in [3.8, 4) is 0 Å². The van der Waals surface area contributed by atoms with Crippen LogP contribution in [0.2, 0.25) is 0 Å². The second kappa shape index (κ2) is 7.91. The second-order valence-electron chi connectivity index (χ2n) is 6.12. The number of nitrogens with zero attached hydrogens (tertiary/aromatic N) is 3. The molecule has 0 N–H and O–H groups in total. The third kappa shape index (κ3) is 4.33. The van der Waals surface area contributed by atoms with Gasteiger partial charge in [0.25, 0.3) is 0 Å². The molecule has 0 spiro atoms. The number of amides is 1. The third-order valence-corrected chi connectivity index (χ3v) is 4.16. The average molecular weight is 355 g/mol. The number of aromatic nitrogens is 2. The van der Waals surface area contributed by atoms with E-state index in [1.807, 2.05) is 41.1 Å². The fraction of sp³-hybridized carbons (Fsp3) is 0.200. The van der Waals surface area contributed by atoms with E-state index in [1.165, 1.54) is 11.0 Å². The van der Waals surface area contributed by atoms with Crippen molar-refractivity contribution < 1.29 is 13.6 Å². The number of benzene rings is 2. The number of carbonyl (C=O) groups excluding carboxylic acids is 1. The van der Waals surface area contributed by atoms with E-state index in [9.17, 15) is 13.6 Å². The Bertz CT molecular complexity index is 893. The summed E-state index contributed by atoms with van der Waals surface area (Å²) in [5, 5.41) is 0. The van der Waals surface area contributed by atoms with E-state index in [1.54, 1.807) is 13.2 Å². The molecule has 134 valence electrons. The fourth-order valence-corrected chi connectivity index (χ4v) is 2.68. The van der Waals surface area contributed by atoms with Crippen LogP contribution in [0.1, 0.15) is 17.0 Å². The Labute approximate surface area is 150 Å². The summed E-state index contributed by atoms with van der Waals surface area (Å²) >= 11 is 0. The number of hydrogen-bond acceptors (Lipinski definition) is 2. The molecule has 0 aliphatic carbocycles. The molecule has 1 heterocycles. The van der Waals surface area contributed by atoms with E-state index in [0.717, 1.165) is 23.5 Å². The lowest BCUT2D eigenvalue weighted by atomic mass is 10.1. The molecule has 1 amide bonds. The Morgan fingerprint density at radius 3 is 2.65 bits per heavy atom. The van der Waals surface area contributed by atoms with Gasteiger partial charge in [0.15, 0.2) is 0 Å². The lowest BCUT2D eigenvalue weighted by Crippen LogP contribution is -2.29. The molecular weight excluding hydrogens is 336 g/mol. The lowest BCUT2D eigenvalue weighted by molar-refractivity contribution is -0.129. The first-order chi connectivity index (χ1) is 12.5. The molecule has 0 aliphatic heterocycles. The zero-order valence-electron chi connectivity index (χ0n) is 14.4. The molecule has 26 heavy (non-hydrogen) atoms. The maximum Gasteiger partial charge on any atom is 0.227 e. The van der Waals surface area contributed by atoms with E-state index < -0.39 is 11.6 Å². The summed E-state index contributed by atoms with van der Waals surface area (Å²) in [5.41, 5.74) is 1.31. The van der Waals surface area contributed by atoms with Crippen LogP contribution < -0.4 is 0 Å². The first-order valence-electron chi connectivity index (χ1n) is 8.25. The molecule has 0 saturated carbocycles. The van der Waals surface area contributed by atoms with E-state index in [2.05, 4.69) is 4.98 Å². The Morgan fingerprint density at radius 1 is 1.15 bits per heavy atom. The van der Waals surface area contributed by atoms with Gasteiger partial charge in [-0.05, 0) is 17.2 Å². The standard InChI is InChI=1S/C20H19F2N3O/c1-24(20(26)11-16-7-8-17(21)12-18(16)22)14-19-23-9-10-25(19)13-15-5-3-2-4-6-15/h2-10,12H,11,13-14H2,1H3. The number of hydrogen-bond donors (Lipinski definition) is 0. The third-order valence-electron chi connectivity index (χ3n) is 4.16. The quantitative estimate of drug-likeness (QED) is 0.680. The van der Waals surface area contributed by atoms with Crippen molar-refractivity contribution in [1.82, 2.24) is 14.5 Å². The molecule has 1 aromatic heterocycles. The molecule has 0 atom stereocenters. The lowest BCUT2D eigenvalue weighted by Gasteiger charge is -2.18. The average Bonchev–Trinajstić information content (AvgIpc) is 3.05. The summed E-state index contributed by atoms with van der Waals surface area (Å²) in [7, 11) is 1.64. The smallest absolute Gasteiger partial charge is 0.227 e. The van der Waals surface area contributed by atoms with E-state index in [0.29, 0.717) is 13.1 Å². The summed E-state index contributed by atoms with van der Waals surface area (Å²) in [6, 6.07) is 13.2. The highest BCUT2D eigenvalue weighted by Gasteiger charge is 2.15. The molecule has 3 aromatic rings. The van der Waals surface area contributed by atoms with Crippen molar-refractivity contribution in [2.24, 2.45) is 0 Å². The number of imidazole rings is 1. The predicted octanol–water partition coefficient (Wildman–Crippen LogP) is 3.41. The first-order valence-corrected chi connectivity index (χ1v) is 8.25. The van der Waals surface area contributed by atoms with E-state index >= 15 is 0 Å². The van der Waals surface area contributed by atoms with Crippen LogP contribution >= 0.6 is 0 Å². The minimum atomic E-state index is -0.711. The van der Waals surface area contributed by atoms with Gasteiger partial charge in [-0.2, -0.15) is 0 Å². The maximum absolute atomic E-state index is 13.7. The van der Waals surface area contributed by atoms with Crippen molar-refractivity contribution in [1.29, 1.82) is 0 Å². The van der Waals surface area contributed by atoms with Crippen molar-refractivity contribution in [2.75, 3.05) is 7.05 Å². The Kier molecular flexibility index (Phi) is 5.41. The van der Waals surface area contributed by atoms with Crippen LogP contribution in [-0.2, 0) is 24.3 Å². The summed E-state index contributed by atoms with van der Waals surface area (Å²) in [5.74, 6) is -0.888. The normalized spacial score (nSPS) is 10.7. The Morgan fingerprint density at radius 2 is 1.92 bits per heavy atom. The van der Waals surface area contributed by atoms with Crippen LogP contribution in [0.3, 0.4) is 0 Å². The van der Waals surface area contributed by atoms with Gasteiger partial charge in [-0.1, -0.05) is 36.4 Å². The summed E-state index contributed by atoms with van der Waals surface area (Å²) in [4.78, 5) is 18.2. The van der Waals surface area contributed by atoms with E-state index in [4.69, 9.17) is 0 Å². The largest absolute Gasteiger partial charge is 0.338 e. The van der Waals surface area contributed by atoms with E-state index in [-0.39, 0.29) is 17.9 Å². The summed E-state index contributed by atoms with van der Waals surface area (Å²) in [6.45, 7) is 0.965. The molecule has 0 fully saturated rings. The molecule has 2 aromatic carbocycles. The van der Waals surface area contributed by atoms with Crippen molar-refractivity contribution in [3.05, 3.63) is 89.5 Å². The molecule has 0 unspecified atom stereocenters. The van der Waals surface area contributed by atoms with Crippen molar-refractivity contribution in [3.63, 3.8) is 0 Å². The predicted molar refractivity (Wildman–Crippen MR) is 94.3 cm³/mol. The molecule has 0 aliphatic rings. The number of rotatable bonds is 6. The van der Waals surface area contributed by atoms with Gasteiger partial charge < -0.3 is 9.47 Å². The number of halogens is 2. The first kappa shape index (κ1) is 17.8. The van der Waals surface area contributed by atoms with Crippen LogP contribution in [-0.4, -0.2) is 27.4 Å². The van der Waals surface area contributed by atoms with Gasteiger partial charge in [0, 0.05) is 32.1 Å². The molecule has 3 rings (SSSR count). The molecule has 6 heteroatoms. The maximum atomic E-state index is 13.7. The van der Waals surface area contributed by atoms with Gasteiger partial charge in [0.1, 0.15) is 17.5 Å². The van der Waals surface area contributed by atoms with Crippen LogP contribution in [0.25, 0.3) is 0 Å². The van der Waals surface area contributed by atoms with Crippen LogP contribution in [0.15, 0.2) is 60.9 Å². The summed E-state index contributed by atoms with van der Waals surface area (Å²) in [6.07, 6.45) is 3.43. The van der Waals surface area contributed by atoms with Gasteiger partial charge in [-0.3, -0.25) is 4.79 Å². The highest BCUT2D eigenvalue weighted by Crippen LogP contribution is 2.12.